The molecule has 1 aliphatic heterocycles. The lowest BCUT2D eigenvalue weighted by molar-refractivity contribution is -0.0452. The van der Waals surface area contributed by atoms with Crippen molar-refractivity contribution in [2.75, 3.05) is 13.2 Å². The third-order valence-electron chi connectivity index (χ3n) is 3.80. The quantitative estimate of drug-likeness (QED) is 0.699. The Kier molecular flexibility index (Phi) is 4.76. The van der Waals surface area contributed by atoms with Gasteiger partial charge in [0.05, 0.1) is 18.8 Å². The number of hydrogen-bond acceptors (Lipinski definition) is 3. The maximum atomic E-state index is 6.08. The van der Waals surface area contributed by atoms with Crippen LogP contribution in [0.25, 0.3) is 0 Å². The van der Waals surface area contributed by atoms with Crippen molar-refractivity contribution in [1.82, 2.24) is 0 Å². The summed E-state index contributed by atoms with van der Waals surface area (Å²) in [5, 5.41) is 0. The highest BCUT2D eigenvalue weighted by molar-refractivity contribution is 9.10. The molecule has 23 heavy (non-hydrogen) atoms. The lowest BCUT2D eigenvalue weighted by Crippen LogP contribution is -2.10. The highest BCUT2D eigenvalue weighted by Crippen LogP contribution is 2.36. The zero-order chi connectivity index (χ0) is 16.4. The molecule has 3 rings (SSSR count). The van der Waals surface area contributed by atoms with E-state index in [9.17, 15) is 0 Å². The Morgan fingerprint density at radius 2 is 1.65 bits per heavy atom. The van der Waals surface area contributed by atoms with Crippen molar-refractivity contribution >= 4 is 15.9 Å². The van der Waals surface area contributed by atoms with E-state index in [1.807, 2.05) is 30.3 Å². The summed E-state index contributed by atoms with van der Waals surface area (Å²) in [4.78, 5) is 0. The van der Waals surface area contributed by atoms with Crippen LogP contribution in [-0.4, -0.2) is 13.2 Å². The topological polar surface area (TPSA) is 27.7 Å². The number of ether oxygens (including phenoxy) is 3. The van der Waals surface area contributed by atoms with Gasteiger partial charge in [-0.3, -0.25) is 0 Å². The third kappa shape index (κ3) is 3.94. The van der Waals surface area contributed by atoms with Crippen LogP contribution < -0.4 is 4.74 Å². The van der Waals surface area contributed by atoms with Crippen molar-refractivity contribution in [3.8, 4) is 11.5 Å². The SMILES string of the molecule is CC(C)(C)c1ccc(Oc2cc(Br)ccc2C2OCCO2)cc1. The fourth-order valence-electron chi connectivity index (χ4n) is 2.48. The lowest BCUT2D eigenvalue weighted by atomic mass is 9.87. The molecule has 1 fully saturated rings. The van der Waals surface area contributed by atoms with Crippen molar-refractivity contribution < 1.29 is 14.2 Å². The van der Waals surface area contributed by atoms with E-state index in [-0.39, 0.29) is 11.7 Å². The summed E-state index contributed by atoms with van der Waals surface area (Å²) in [6.07, 6.45) is -0.355. The van der Waals surface area contributed by atoms with Gasteiger partial charge in [0.25, 0.3) is 0 Å². The molecule has 0 saturated carbocycles. The molecule has 1 saturated heterocycles. The van der Waals surface area contributed by atoms with E-state index in [1.54, 1.807) is 0 Å². The number of hydrogen-bond donors (Lipinski definition) is 0. The van der Waals surface area contributed by atoms with Crippen LogP contribution >= 0.6 is 15.9 Å². The van der Waals surface area contributed by atoms with Crippen molar-refractivity contribution in [2.45, 2.75) is 32.5 Å². The van der Waals surface area contributed by atoms with E-state index >= 15 is 0 Å². The second kappa shape index (κ2) is 6.63. The lowest BCUT2D eigenvalue weighted by Gasteiger charge is -2.20. The molecule has 0 amide bonds. The molecule has 0 bridgehead atoms. The van der Waals surface area contributed by atoms with Gasteiger partial charge < -0.3 is 14.2 Å². The minimum Gasteiger partial charge on any atom is -0.457 e. The Hall–Kier alpha value is -1.36. The second-order valence-corrected chi connectivity index (χ2v) is 7.55. The molecule has 0 radical (unpaired) electrons. The normalized spacial score (nSPS) is 15.8. The van der Waals surface area contributed by atoms with Gasteiger partial charge in [0, 0.05) is 4.47 Å². The van der Waals surface area contributed by atoms with E-state index < -0.39 is 0 Å². The predicted molar refractivity (Wildman–Crippen MR) is 94.0 cm³/mol. The largest absolute Gasteiger partial charge is 0.457 e. The summed E-state index contributed by atoms with van der Waals surface area (Å²) in [7, 11) is 0. The van der Waals surface area contributed by atoms with Crippen LogP contribution in [0.4, 0.5) is 0 Å². The maximum Gasteiger partial charge on any atom is 0.187 e. The third-order valence-corrected chi connectivity index (χ3v) is 4.29. The zero-order valence-electron chi connectivity index (χ0n) is 13.6. The average Bonchev–Trinajstić information content (AvgIpc) is 3.01. The van der Waals surface area contributed by atoms with E-state index in [0.717, 1.165) is 21.5 Å². The zero-order valence-corrected chi connectivity index (χ0v) is 15.2. The highest BCUT2D eigenvalue weighted by atomic mass is 79.9. The van der Waals surface area contributed by atoms with Gasteiger partial charge in [-0.15, -0.1) is 0 Å². The van der Waals surface area contributed by atoms with Crippen LogP contribution in [0.1, 0.15) is 38.2 Å². The maximum absolute atomic E-state index is 6.08. The van der Waals surface area contributed by atoms with Gasteiger partial charge in [0.2, 0.25) is 0 Å². The molecule has 2 aromatic carbocycles. The van der Waals surface area contributed by atoms with Gasteiger partial charge in [-0.05, 0) is 41.3 Å². The van der Waals surface area contributed by atoms with Crippen LogP contribution in [-0.2, 0) is 14.9 Å². The van der Waals surface area contributed by atoms with Crippen LogP contribution in [0.15, 0.2) is 46.9 Å². The molecular weight excluding hydrogens is 356 g/mol. The first-order valence-corrected chi connectivity index (χ1v) is 8.54. The van der Waals surface area contributed by atoms with Gasteiger partial charge in [0.15, 0.2) is 6.29 Å². The molecule has 2 aromatic rings. The number of rotatable bonds is 3. The molecule has 0 atom stereocenters. The highest BCUT2D eigenvalue weighted by Gasteiger charge is 2.23. The van der Waals surface area contributed by atoms with Crippen molar-refractivity contribution in [3.63, 3.8) is 0 Å². The Labute approximate surface area is 145 Å². The minimum atomic E-state index is -0.355. The molecule has 122 valence electrons. The second-order valence-electron chi connectivity index (χ2n) is 6.63. The van der Waals surface area contributed by atoms with Crippen LogP contribution in [0, 0.1) is 0 Å². The molecule has 3 nitrogen and oxygen atoms in total. The molecule has 4 heteroatoms. The summed E-state index contributed by atoms with van der Waals surface area (Å²) in [5.74, 6) is 1.55. The Bertz CT molecular complexity index is 668. The summed E-state index contributed by atoms with van der Waals surface area (Å²) >= 11 is 3.49. The first-order valence-electron chi connectivity index (χ1n) is 7.74. The van der Waals surface area contributed by atoms with Gasteiger partial charge in [-0.25, -0.2) is 0 Å². The monoisotopic (exact) mass is 376 g/mol. The summed E-state index contributed by atoms with van der Waals surface area (Å²) in [5.41, 5.74) is 2.32. The Balaban J connectivity index is 1.85. The van der Waals surface area contributed by atoms with Crippen LogP contribution in [0.3, 0.4) is 0 Å². The molecule has 0 spiro atoms. The van der Waals surface area contributed by atoms with E-state index in [2.05, 4.69) is 48.8 Å². The average molecular weight is 377 g/mol. The standard InChI is InChI=1S/C19H21BrO3/c1-19(2,3)13-4-7-15(8-5-13)23-17-12-14(20)6-9-16(17)18-21-10-11-22-18/h4-9,12,18H,10-11H2,1-3H3. The smallest absolute Gasteiger partial charge is 0.187 e. The fraction of sp³-hybridized carbons (Fsp3) is 0.368. The van der Waals surface area contributed by atoms with Gasteiger partial charge in [0.1, 0.15) is 11.5 Å². The Morgan fingerprint density at radius 1 is 1.00 bits per heavy atom. The molecule has 0 aliphatic carbocycles. The summed E-state index contributed by atoms with van der Waals surface area (Å²) < 4.78 is 18.2. The first kappa shape index (κ1) is 16.5. The number of halogens is 1. The van der Waals surface area contributed by atoms with E-state index in [1.165, 1.54) is 5.56 Å². The number of benzene rings is 2. The molecular formula is C19H21BrO3. The summed E-state index contributed by atoms with van der Waals surface area (Å²) in [6.45, 7) is 7.82. The predicted octanol–water partition coefficient (Wildman–Crippen LogP) is 5.58. The van der Waals surface area contributed by atoms with E-state index in [4.69, 9.17) is 14.2 Å². The van der Waals surface area contributed by atoms with Crippen molar-refractivity contribution in [1.29, 1.82) is 0 Å². The molecule has 0 unspecified atom stereocenters. The minimum absolute atomic E-state index is 0.130. The van der Waals surface area contributed by atoms with Crippen molar-refractivity contribution in [2.24, 2.45) is 0 Å². The van der Waals surface area contributed by atoms with Gasteiger partial charge >= 0.3 is 0 Å². The molecule has 1 aliphatic rings. The van der Waals surface area contributed by atoms with Gasteiger partial charge in [-0.2, -0.15) is 0 Å². The fourth-order valence-corrected chi connectivity index (χ4v) is 2.82. The first-order chi connectivity index (χ1) is 10.9. The van der Waals surface area contributed by atoms with Crippen LogP contribution in [0.2, 0.25) is 0 Å². The molecule has 0 aromatic heterocycles. The molecule has 1 heterocycles. The van der Waals surface area contributed by atoms with E-state index in [0.29, 0.717) is 13.2 Å². The molecule has 0 N–H and O–H groups in total. The van der Waals surface area contributed by atoms with Crippen LogP contribution in [0.5, 0.6) is 11.5 Å². The van der Waals surface area contributed by atoms with Gasteiger partial charge in [-0.1, -0.05) is 48.8 Å². The Morgan fingerprint density at radius 3 is 2.26 bits per heavy atom. The van der Waals surface area contributed by atoms with Crippen molar-refractivity contribution in [3.05, 3.63) is 58.1 Å². The summed E-state index contributed by atoms with van der Waals surface area (Å²) in [6, 6.07) is 14.1.